The highest BCUT2D eigenvalue weighted by Gasteiger charge is 2.70. The predicted octanol–water partition coefficient (Wildman–Crippen LogP) is 7.16. The van der Waals surface area contributed by atoms with Gasteiger partial charge in [-0.15, -0.1) is 0 Å². The lowest BCUT2D eigenvalue weighted by Gasteiger charge is -2.30. The smallest absolute Gasteiger partial charge is 0.377 e. The summed E-state index contributed by atoms with van der Waals surface area (Å²) in [5.74, 6) is -11.7. The van der Waals surface area contributed by atoms with Gasteiger partial charge in [-0.05, 0) is 60.5 Å². The van der Waals surface area contributed by atoms with Crippen LogP contribution in [0.15, 0.2) is 124 Å². The number of carbonyl (C=O) groups is 3. The lowest BCUT2D eigenvalue weighted by atomic mass is 9.78. The molecule has 3 fully saturated rings. The molecule has 0 aromatic heterocycles. The maximum atomic E-state index is 13.3. The quantitative estimate of drug-likeness (QED) is 0.0852. The van der Waals surface area contributed by atoms with E-state index in [1.807, 2.05) is 0 Å². The summed E-state index contributed by atoms with van der Waals surface area (Å²) in [6.07, 6.45) is -1.77. The molecular formula is C37H31F4O6S+. The minimum atomic E-state index is -3.73. The van der Waals surface area contributed by atoms with Crippen molar-refractivity contribution in [2.24, 2.45) is 23.7 Å². The molecule has 248 valence electrons. The lowest BCUT2D eigenvalue weighted by Crippen LogP contribution is -2.45. The molecule has 0 spiro atoms. The van der Waals surface area contributed by atoms with E-state index in [9.17, 15) is 31.9 Å². The molecule has 2 aliphatic carbocycles. The molecule has 0 amide bonds. The summed E-state index contributed by atoms with van der Waals surface area (Å²) in [5.41, 5.74) is 0.0690. The maximum absolute atomic E-state index is 13.3. The van der Waals surface area contributed by atoms with Crippen LogP contribution >= 0.6 is 0 Å². The Labute approximate surface area is 277 Å². The summed E-state index contributed by atoms with van der Waals surface area (Å²) >= 11 is 0. The van der Waals surface area contributed by atoms with E-state index in [1.165, 1.54) is 14.7 Å². The van der Waals surface area contributed by atoms with E-state index < -0.39 is 78.0 Å². The molecule has 6 unspecified atom stereocenters. The third-order valence-electron chi connectivity index (χ3n) is 8.66. The predicted molar refractivity (Wildman–Crippen MR) is 167 cm³/mol. The number of alkyl halides is 2. The second kappa shape index (κ2) is 13.8. The normalized spacial score (nSPS) is 23.7. The van der Waals surface area contributed by atoms with Gasteiger partial charge in [-0.1, -0.05) is 54.6 Å². The van der Waals surface area contributed by atoms with E-state index in [0.29, 0.717) is 13.0 Å². The Balaban J connectivity index is 0.000000182. The average Bonchev–Trinajstić information content (AvgIpc) is 3.69. The van der Waals surface area contributed by atoms with E-state index in [-0.39, 0.29) is 22.9 Å². The zero-order chi connectivity index (χ0) is 34.0. The van der Waals surface area contributed by atoms with Crippen molar-refractivity contribution in [1.29, 1.82) is 0 Å². The van der Waals surface area contributed by atoms with E-state index in [4.69, 9.17) is 14.2 Å². The lowest BCUT2D eigenvalue weighted by molar-refractivity contribution is -0.186. The Bertz CT molecular complexity index is 1660. The first kappa shape index (κ1) is 33.3. The highest BCUT2D eigenvalue weighted by atomic mass is 32.2. The Morgan fingerprint density at radius 1 is 0.812 bits per heavy atom. The molecule has 2 bridgehead atoms. The number of hydrogen-bond donors (Lipinski definition) is 0. The molecule has 48 heavy (non-hydrogen) atoms. The fraction of sp³-hybridized carbons (Fsp3) is 0.270. The van der Waals surface area contributed by atoms with Crippen molar-refractivity contribution >= 4 is 28.8 Å². The van der Waals surface area contributed by atoms with Crippen LogP contribution in [-0.4, -0.2) is 36.0 Å². The molecular weight excluding hydrogens is 648 g/mol. The topological polar surface area (TPSA) is 78.9 Å². The number of ether oxygens (including phenoxy) is 3. The first-order valence-electron chi connectivity index (χ1n) is 15.3. The number of esters is 3. The SMILES string of the molecule is CC(F)(F)C(=O)OC1C2CC3C1OC(=O)C3C2C(=O)OCc1cc(F)cc(F)c1.c1ccc([S+](c2ccccc2)c2ccccc2)cc1. The number of fused-ring (bicyclic) bond motifs is 1. The molecule has 6 nitrogen and oxygen atoms in total. The second-order valence-electron chi connectivity index (χ2n) is 11.9. The van der Waals surface area contributed by atoms with Crippen LogP contribution in [-0.2, 0) is 46.1 Å². The Morgan fingerprint density at radius 2 is 1.31 bits per heavy atom. The zero-order valence-electron chi connectivity index (χ0n) is 25.6. The Hall–Kier alpha value is -4.64. The summed E-state index contributed by atoms with van der Waals surface area (Å²) in [5, 5.41) is 0. The van der Waals surface area contributed by atoms with Crippen molar-refractivity contribution in [2.75, 3.05) is 0 Å². The highest BCUT2D eigenvalue weighted by Crippen LogP contribution is 2.59. The molecule has 6 atom stereocenters. The molecule has 7 rings (SSSR count). The molecule has 4 aromatic carbocycles. The van der Waals surface area contributed by atoms with E-state index >= 15 is 0 Å². The molecule has 2 saturated carbocycles. The van der Waals surface area contributed by atoms with Crippen molar-refractivity contribution in [3.05, 3.63) is 126 Å². The van der Waals surface area contributed by atoms with Gasteiger partial charge in [-0.25, -0.2) is 13.6 Å². The van der Waals surface area contributed by atoms with E-state index in [2.05, 4.69) is 91.0 Å². The van der Waals surface area contributed by atoms with Gasteiger partial charge in [-0.3, -0.25) is 9.59 Å². The first-order chi connectivity index (χ1) is 23.0. The monoisotopic (exact) mass is 679 g/mol. The van der Waals surface area contributed by atoms with Gasteiger partial charge in [-0.2, -0.15) is 8.78 Å². The van der Waals surface area contributed by atoms with Crippen LogP contribution in [0.5, 0.6) is 0 Å². The van der Waals surface area contributed by atoms with Gasteiger partial charge in [0.1, 0.15) is 30.4 Å². The van der Waals surface area contributed by atoms with Crippen molar-refractivity contribution < 1.29 is 46.2 Å². The standard InChI is InChI=1S/C19H16F4O6.C18H15S/c1-19(22,23)18(26)29-15-10-5-11-13(17(25)28-14(11)15)12(10)16(24)27-6-7-2-8(20)4-9(21)3-7;1-4-10-16(11-5-1)19(17-12-6-2-7-13-17)18-14-8-3-9-15-18/h2-4,10-15H,5-6H2,1H3;1-15H/q;+1. The summed E-state index contributed by atoms with van der Waals surface area (Å²) < 4.78 is 68.2. The zero-order valence-corrected chi connectivity index (χ0v) is 26.5. The number of carbonyl (C=O) groups excluding carboxylic acids is 3. The summed E-state index contributed by atoms with van der Waals surface area (Å²) in [7, 11) is -0.0146. The van der Waals surface area contributed by atoms with Crippen molar-refractivity contribution in [1.82, 2.24) is 0 Å². The van der Waals surface area contributed by atoms with Gasteiger partial charge in [0.25, 0.3) is 0 Å². The van der Waals surface area contributed by atoms with Gasteiger partial charge < -0.3 is 14.2 Å². The summed E-state index contributed by atoms with van der Waals surface area (Å²) in [6.45, 7) is -0.0556. The maximum Gasteiger partial charge on any atom is 0.377 e. The van der Waals surface area contributed by atoms with Crippen LogP contribution in [0.1, 0.15) is 18.9 Å². The number of benzene rings is 4. The highest BCUT2D eigenvalue weighted by molar-refractivity contribution is 7.97. The van der Waals surface area contributed by atoms with Crippen LogP contribution in [0.2, 0.25) is 0 Å². The molecule has 4 aromatic rings. The van der Waals surface area contributed by atoms with Gasteiger partial charge in [0.05, 0.1) is 22.7 Å². The molecule has 0 radical (unpaired) electrons. The minimum absolute atomic E-state index is 0.0146. The second-order valence-corrected chi connectivity index (χ2v) is 13.9. The third-order valence-corrected chi connectivity index (χ3v) is 10.9. The Kier molecular flexibility index (Phi) is 9.59. The summed E-state index contributed by atoms with van der Waals surface area (Å²) in [4.78, 5) is 40.5. The average molecular weight is 680 g/mol. The fourth-order valence-corrected chi connectivity index (χ4v) is 8.82. The molecule has 11 heteroatoms. The third kappa shape index (κ3) is 6.96. The Morgan fingerprint density at radius 3 is 1.79 bits per heavy atom. The van der Waals surface area contributed by atoms with E-state index in [0.717, 1.165) is 12.1 Å². The number of halogens is 4. The van der Waals surface area contributed by atoms with Gasteiger partial charge >= 0.3 is 23.8 Å². The largest absolute Gasteiger partial charge is 0.461 e. The van der Waals surface area contributed by atoms with Gasteiger partial charge in [0.2, 0.25) is 0 Å². The molecule has 0 N–H and O–H groups in total. The fourth-order valence-electron chi connectivity index (χ4n) is 6.72. The van der Waals surface area contributed by atoms with Crippen molar-refractivity contribution in [3.8, 4) is 0 Å². The van der Waals surface area contributed by atoms with Gasteiger partial charge in [0.15, 0.2) is 14.7 Å². The van der Waals surface area contributed by atoms with Crippen LogP contribution < -0.4 is 0 Å². The summed E-state index contributed by atoms with van der Waals surface area (Å²) in [6, 6.07) is 34.8. The first-order valence-corrected chi connectivity index (χ1v) is 16.5. The van der Waals surface area contributed by atoms with Gasteiger partial charge in [0, 0.05) is 24.8 Å². The van der Waals surface area contributed by atoms with Crippen molar-refractivity contribution in [2.45, 2.75) is 52.8 Å². The van der Waals surface area contributed by atoms with Crippen molar-refractivity contribution in [3.63, 3.8) is 0 Å². The number of rotatable bonds is 8. The molecule has 3 aliphatic rings. The van der Waals surface area contributed by atoms with E-state index in [1.54, 1.807) is 0 Å². The number of hydrogen-bond acceptors (Lipinski definition) is 6. The van der Waals surface area contributed by atoms with Crippen LogP contribution in [0.3, 0.4) is 0 Å². The van der Waals surface area contributed by atoms with Crippen LogP contribution in [0.25, 0.3) is 0 Å². The molecule has 1 saturated heterocycles. The minimum Gasteiger partial charge on any atom is -0.461 e. The van der Waals surface area contributed by atoms with Crippen LogP contribution in [0, 0.1) is 35.3 Å². The van der Waals surface area contributed by atoms with Crippen LogP contribution in [0.4, 0.5) is 17.6 Å². The molecule has 1 aliphatic heterocycles. The molecule has 1 heterocycles.